The van der Waals surface area contributed by atoms with Crippen molar-refractivity contribution in [3.05, 3.63) is 0 Å². The summed E-state index contributed by atoms with van der Waals surface area (Å²) in [6.07, 6.45) is 0.823. The Balaban J connectivity index is 3.73. The Morgan fingerprint density at radius 1 is 1.62 bits per heavy atom. The van der Waals surface area contributed by atoms with Crippen molar-refractivity contribution in [2.75, 3.05) is 27.2 Å². The van der Waals surface area contributed by atoms with Crippen molar-refractivity contribution < 1.29 is 5.21 Å². The van der Waals surface area contributed by atoms with Crippen LogP contribution in [0.15, 0.2) is 5.16 Å². The zero-order valence-corrected chi connectivity index (χ0v) is 8.62. The first-order valence-corrected chi connectivity index (χ1v) is 4.47. The second-order valence-corrected chi connectivity index (χ2v) is 3.24. The zero-order valence-electron chi connectivity index (χ0n) is 8.62. The summed E-state index contributed by atoms with van der Waals surface area (Å²) >= 11 is 0. The van der Waals surface area contributed by atoms with Crippen molar-refractivity contribution in [3.63, 3.8) is 0 Å². The van der Waals surface area contributed by atoms with Gasteiger partial charge in [-0.1, -0.05) is 12.1 Å². The van der Waals surface area contributed by atoms with E-state index >= 15 is 0 Å². The third-order valence-corrected chi connectivity index (χ3v) is 1.83. The lowest BCUT2D eigenvalue weighted by atomic mass is 10.2. The second kappa shape index (κ2) is 6.68. The number of nitrogens with two attached hydrogens (primary N) is 1. The van der Waals surface area contributed by atoms with E-state index in [1.54, 1.807) is 0 Å². The van der Waals surface area contributed by atoms with Crippen LogP contribution in [0.1, 0.15) is 13.3 Å². The molecule has 0 amide bonds. The molecule has 1 unspecified atom stereocenters. The van der Waals surface area contributed by atoms with Gasteiger partial charge < -0.3 is 21.2 Å². The molecule has 0 aromatic rings. The van der Waals surface area contributed by atoms with E-state index in [-0.39, 0.29) is 11.9 Å². The number of nitrogens with zero attached hydrogens (tertiary/aromatic N) is 2. The van der Waals surface area contributed by atoms with Crippen LogP contribution in [0.2, 0.25) is 0 Å². The third kappa shape index (κ3) is 5.43. The standard InChI is InChI=1S/C8H20N4O/c1-4-7(8(9)11-13)10-5-6-12(2)3/h7,10,13H,4-6H2,1-3H3,(H2,9,11). The van der Waals surface area contributed by atoms with E-state index in [1.807, 2.05) is 21.0 Å². The normalized spacial score (nSPS) is 14.9. The van der Waals surface area contributed by atoms with Gasteiger partial charge in [-0.3, -0.25) is 0 Å². The minimum absolute atomic E-state index is 0.0232. The molecule has 0 saturated heterocycles. The summed E-state index contributed by atoms with van der Waals surface area (Å²) in [5.41, 5.74) is 5.47. The van der Waals surface area contributed by atoms with Gasteiger partial charge in [0.15, 0.2) is 5.84 Å². The Labute approximate surface area is 79.6 Å². The van der Waals surface area contributed by atoms with Gasteiger partial charge in [-0.05, 0) is 20.5 Å². The van der Waals surface area contributed by atoms with Crippen molar-refractivity contribution >= 4 is 5.84 Å². The second-order valence-electron chi connectivity index (χ2n) is 3.24. The topological polar surface area (TPSA) is 73.9 Å². The summed E-state index contributed by atoms with van der Waals surface area (Å²) in [5.74, 6) is 0.251. The molecule has 5 heteroatoms. The Hall–Kier alpha value is -0.810. The highest BCUT2D eigenvalue weighted by atomic mass is 16.4. The van der Waals surface area contributed by atoms with Crippen LogP contribution in [0.3, 0.4) is 0 Å². The molecule has 0 aliphatic heterocycles. The van der Waals surface area contributed by atoms with Gasteiger partial charge in [-0.2, -0.15) is 0 Å². The van der Waals surface area contributed by atoms with Crippen LogP contribution in [0, 0.1) is 0 Å². The van der Waals surface area contributed by atoms with Crippen LogP contribution in [-0.4, -0.2) is 49.2 Å². The first-order chi connectivity index (χ1) is 6.11. The Morgan fingerprint density at radius 3 is 2.62 bits per heavy atom. The minimum atomic E-state index is -0.0232. The molecule has 0 saturated carbocycles. The van der Waals surface area contributed by atoms with E-state index < -0.39 is 0 Å². The van der Waals surface area contributed by atoms with Crippen LogP contribution >= 0.6 is 0 Å². The van der Waals surface area contributed by atoms with E-state index in [1.165, 1.54) is 0 Å². The summed E-state index contributed by atoms with van der Waals surface area (Å²) in [4.78, 5) is 2.08. The molecule has 78 valence electrons. The van der Waals surface area contributed by atoms with E-state index in [0.717, 1.165) is 19.5 Å². The van der Waals surface area contributed by atoms with Crippen LogP contribution in [0.25, 0.3) is 0 Å². The number of hydrogen-bond acceptors (Lipinski definition) is 4. The average molecular weight is 188 g/mol. The number of rotatable bonds is 6. The molecule has 1 atom stereocenters. The highest BCUT2D eigenvalue weighted by molar-refractivity contribution is 5.85. The number of likely N-dealkylation sites (N-methyl/N-ethyl adjacent to an activating group) is 1. The molecule has 0 aromatic heterocycles. The fourth-order valence-corrected chi connectivity index (χ4v) is 0.990. The Morgan fingerprint density at radius 2 is 2.23 bits per heavy atom. The molecular weight excluding hydrogens is 168 g/mol. The summed E-state index contributed by atoms with van der Waals surface area (Å²) in [5, 5.41) is 14.6. The van der Waals surface area contributed by atoms with Crippen molar-refractivity contribution in [2.24, 2.45) is 10.9 Å². The number of hydrogen-bond donors (Lipinski definition) is 3. The van der Waals surface area contributed by atoms with E-state index in [0.29, 0.717) is 0 Å². The minimum Gasteiger partial charge on any atom is -0.409 e. The third-order valence-electron chi connectivity index (χ3n) is 1.83. The first-order valence-electron chi connectivity index (χ1n) is 4.47. The molecule has 0 aliphatic carbocycles. The molecule has 0 fully saturated rings. The monoisotopic (exact) mass is 188 g/mol. The lowest BCUT2D eigenvalue weighted by Crippen LogP contribution is -2.43. The van der Waals surface area contributed by atoms with Gasteiger partial charge in [0, 0.05) is 13.1 Å². The smallest absolute Gasteiger partial charge is 0.156 e. The fourth-order valence-electron chi connectivity index (χ4n) is 0.990. The van der Waals surface area contributed by atoms with Gasteiger partial charge >= 0.3 is 0 Å². The molecule has 0 heterocycles. The summed E-state index contributed by atoms with van der Waals surface area (Å²) in [6.45, 7) is 3.77. The zero-order chi connectivity index (χ0) is 10.3. The van der Waals surface area contributed by atoms with Crippen LogP contribution in [0.4, 0.5) is 0 Å². The molecule has 13 heavy (non-hydrogen) atoms. The van der Waals surface area contributed by atoms with Gasteiger partial charge in [-0.25, -0.2) is 0 Å². The molecule has 5 nitrogen and oxygen atoms in total. The van der Waals surface area contributed by atoms with Gasteiger partial charge in [-0.15, -0.1) is 0 Å². The number of nitrogens with one attached hydrogen (secondary N) is 1. The molecule has 4 N–H and O–H groups in total. The highest BCUT2D eigenvalue weighted by Crippen LogP contribution is 1.90. The maximum absolute atomic E-state index is 8.46. The quantitative estimate of drug-likeness (QED) is 0.231. The molecule has 0 aromatic carbocycles. The maximum Gasteiger partial charge on any atom is 0.156 e. The van der Waals surface area contributed by atoms with Gasteiger partial charge in [0.1, 0.15) is 0 Å². The summed E-state index contributed by atoms with van der Waals surface area (Å²) in [6, 6.07) is -0.0232. The summed E-state index contributed by atoms with van der Waals surface area (Å²) in [7, 11) is 4.01. The SMILES string of the molecule is CCC(NCCN(C)C)C(N)=NO. The molecule has 0 radical (unpaired) electrons. The predicted molar refractivity (Wildman–Crippen MR) is 54.0 cm³/mol. The molecule has 0 spiro atoms. The molecule has 0 aliphatic rings. The van der Waals surface area contributed by atoms with Crippen LogP contribution in [0.5, 0.6) is 0 Å². The Kier molecular flexibility index (Phi) is 6.26. The van der Waals surface area contributed by atoms with Crippen molar-refractivity contribution in [3.8, 4) is 0 Å². The lowest BCUT2D eigenvalue weighted by Gasteiger charge is -2.17. The number of amidine groups is 1. The number of oxime groups is 1. The average Bonchev–Trinajstić information content (AvgIpc) is 2.11. The van der Waals surface area contributed by atoms with Crippen LogP contribution < -0.4 is 11.1 Å². The van der Waals surface area contributed by atoms with Crippen molar-refractivity contribution in [1.82, 2.24) is 10.2 Å². The van der Waals surface area contributed by atoms with Crippen molar-refractivity contribution in [2.45, 2.75) is 19.4 Å². The predicted octanol–water partition coefficient (Wildman–Crippen LogP) is -0.337. The van der Waals surface area contributed by atoms with Crippen LogP contribution in [-0.2, 0) is 0 Å². The largest absolute Gasteiger partial charge is 0.409 e. The van der Waals surface area contributed by atoms with Gasteiger partial charge in [0.05, 0.1) is 6.04 Å². The maximum atomic E-state index is 8.46. The first kappa shape index (κ1) is 12.2. The lowest BCUT2D eigenvalue weighted by molar-refractivity contribution is 0.313. The molecular formula is C8H20N4O. The Bertz CT molecular complexity index is 158. The summed E-state index contributed by atoms with van der Waals surface area (Å²) < 4.78 is 0. The molecule has 0 bridgehead atoms. The van der Waals surface area contributed by atoms with Gasteiger partial charge in [0.25, 0.3) is 0 Å². The van der Waals surface area contributed by atoms with E-state index in [9.17, 15) is 0 Å². The highest BCUT2D eigenvalue weighted by Gasteiger charge is 2.09. The van der Waals surface area contributed by atoms with Gasteiger partial charge in [0.2, 0.25) is 0 Å². The van der Waals surface area contributed by atoms with E-state index in [2.05, 4.69) is 15.4 Å². The van der Waals surface area contributed by atoms with Crippen molar-refractivity contribution in [1.29, 1.82) is 0 Å². The van der Waals surface area contributed by atoms with E-state index in [4.69, 9.17) is 10.9 Å². The molecule has 0 rings (SSSR count). The fraction of sp³-hybridized carbons (Fsp3) is 0.875.